The molecule has 1 aromatic heterocycles. The minimum atomic E-state index is -0.557. The van der Waals surface area contributed by atoms with Crippen LogP contribution in [0.2, 0.25) is 0 Å². The second kappa shape index (κ2) is 4.67. The van der Waals surface area contributed by atoms with Gasteiger partial charge < -0.3 is 20.4 Å². The molecule has 1 aromatic rings. The molecule has 1 saturated heterocycles. The van der Waals surface area contributed by atoms with E-state index in [2.05, 4.69) is 15.0 Å². The number of methoxy groups -OCH3 is 1. The summed E-state index contributed by atoms with van der Waals surface area (Å²) >= 11 is 0. The van der Waals surface area contributed by atoms with Gasteiger partial charge in [0.15, 0.2) is 5.69 Å². The Labute approximate surface area is 104 Å². The maximum absolute atomic E-state index is 11.5. The maximum atomic E-state index is 11.5. The minimum absolute atomic E-state index is 0.0187. The number of nitrogens with two attached hydrogens (primary N) is 1. The Morgan fingerprint density at radius 1 is 1.67 bits per heavy atom. The van der Waals surface area contributed by atoms with Crippen molar-refractivity contribution in [2.75, 3.05) is 19.4 Å². The molecular weight excluding hydrogens is 236 g/mol. The molecule has 0 aliphatic carbocycles. The molecule has 0 bridgehead atoms. The Bertz CT molecular complexity index is 495. The lowest BCUT2D eigenvalue weighted by Gasteiger charge is -2.14. The number of nitrogen functional groups attached to an aromatic ring is 1. The van der Waals surface area contributed by atoms with Gasteiger partial charge in [-0.05, 0) is 0 Å². The average Bonchev–Trinajstić information content (AvgIpc) is 2.91. The van der Waals surface area contributed by atoms with Gasteiger partial charge in [0.25, 0.3) is 0 Å². The number of hydrogen-bond acceptors (Lipinski definition) is 5. The second-order valence-electron chi connectivity index (χ2n) is 4.14. The summed E-state index contributed by atoms with van der Waals surface area (Å²) in [6, 6.07) is -0.0849. The van der Waals surface area contributed by atoms with Gasteiger partial charge in [-0.15, -0.1) is 0 Å². The van der Waals surface area contributed by atoms with Crippen LogP contribution in [0.4, 0.5) is 5.82 Å². The lowest BCUT2D eigenvalue weighted by molar-refractivity contribution is -0.119. The van der Waals surface area contributed by atoms with E-state index < -0.39 is 5.97 Å². The number of carbonyl (C=O) groups is 2. The first-order valence-corrected chi connectivity index (χ1v) is 5.80. The first-order chi connectivity index (χ1) is 8.58. The average molecular weight is 252 g/mol. The highest BCUT2D eigenvalue weighted by Crippen LogP contribution is 2.25. The molecule has 0 saturated carbocycles. The summed E-state index contributed by atoms with van der Waals surface area (Å²) in [5.41, 5.74) is 6.06. The lowest BCUT2D eigenvalue weighted by Crippen LogP contribution is -2.18. The predicted octanol–water partition coefficient (Wildman–Crippen LogP) is -0.125. The van der Waals surface area contributed by atoms with E-state index in [4.69, 9.17) is 5.73 Å². The van der Waals surface area contributed by atoms with Crippen molar-refractivity contribution in [1.29, 1.82) is 0 Å². The molecule has 1 aliphatic heterocycles. The minimum Gasteiger partial charge on any atom is -0.464 e. The van der Waals surface area contributed by atoms with Crippen molar-refractivity contribution in [2.45, 2.75) is 25.8 Å². The Morgan fingerprint density at radius 3 is 2.89 bits per heavy atom. The molecule has 0 radical (unpaired) electrons. The number of ether oxygens (including phenoxy) is 1. The number of anilines is 1. The number of nitrogens with one attached hydrogen (secondary N) is 1. The summed E-state index contributed by atoms with van der Waals surface area (Å²) in [5.74, 6) is 0.377. The van der Waals surface area contributed by atoms with E-state index in [0.717, 1.165) is 0 Å². The molecule has 2 rings (SSSR count). The second-order valence-corrected chi connectivity index (χ2v) is 4.14. The summed E-state index contributed by atoms with van der Waals surface area (Å²) in [6.07, 6.45) is 0.986. The SMILES string of the molecule is CCc1nc(C(=O)OC)c(N)n1C1CNC(=O)C1. The number of esters is 1. The van der Waals surface area contributed by atoms with E-state index in [0.29, 0.717) is 25.2 Å². The number of carbonyl (C=O) groups excluding carboxylic acids is 2. The third-order valence-corrected chi connectivity index (χ3v) is 3.04. The molecule has 3 N–H and O–H groups in total. The zero-order valence-corrected chi connectivity index (χ0v) is 10.4. The number of rotatable bonds is 3. The van der Waals surface area contributed by atoms with Gasteiger partial charge in [0.2, 0.25) is 5.91 Å². The molecule has 2 heterocycles. The molecule has 7 heteroatoms. The van der Waals surface area contributed by atoms with Gasteiger partial charge in [-0.1, -0.05) is 6.92 Å². The smallest absolute Gasteiger partial charge is 0.360 e. The monoisotopic (exact) mass is 252 g/mol. The van der Waals surface area contributed by atoms with Crippen LogP contribution in [-0.2, 0) is 16.0 Å². The fraction of sp³-hybridized carbons (Fsp3) is 0.545. The molecule has 1 atom stereocenters. The molecule has 0 spiro atoms. The summed E-state index contributed by atoms with van der Waals surface area (Å²) in [4.78, 5) is 27.0. The van der Waals surface area contributed by atoms with Gasteiger partial charge in [-0.2, -0.15) is 0 Å². The Morgan fingerprint density at radius 2 is 2.39 bits per heavy atom. The number of imidazole rings is 1. The molecule has 0 aromatic carbocycles. The van der Waals surface area contributed by atoms with Crippen LogP contribution in [0, 0.1) is 0 Å². The number of amides is 1. The van der Waals surface area contributed by atoms with Crippen molar-refractivity contribution < 1.29 is 14.3 Å². The fourth-order valence-corrected chi connectivity index (χ4v) is 2.17. The van der Waals surface area contributed by atoms with Crippen molar-refractivity contribution in [3.05, 3.63) is 11.5 Å². The third-order valence-electron chi connectivity index (χ3n) is 3.04. The van der Waals surface area contributed by atoms with Crippen LogP contribution in [0.25, 0.3) is 0 Å². The van der Waals surface area contributed by atoms with Gasteiger partial charge in [-0.25, -0.2) is 9.78 Å². The number of aryl methyl sites for hydroxylation is 1. The van der Waals surface area contributed by atoms with Crippen LogP contribution in [0.5, 0.6) is 0 Å². The molecule has 1 amide bonds. The van der Waals surface area contributed by atoms with Gasteiger partial charge in [-0.3, -0.25) is 4.79 Å². The summed E-state index contributed by atoms with van der Waals surface area (Å²) < 4.78 is 6.39. The fourth-order valence-electron chi connectivity index (χ4n) is 2.17. The Kier molecular flexibility index (Phi) is 3.22. The van der Waals surface area contributed by atoms with E-state index in [1.165, 1.54) is 7.11 Å². The summed E-state index contributed by atoms with van der Waals surface area (Å²) in [7, 11) is 1.28. The molecule has 1 fully saturated rings. The van der Waals surface area contributed by atoms with Crippen LogP contribution in [0.1, 0.15) is 35.7 Å². The maximum Gasteiger partial charge on any atom is 0.360 e. The van der Waals surface area contributed by atoms with Crippen LogP contribution in [0.15, 0.2) is 0 Å². The first-order valence-electron chi connectivity index (χ1n) is 5.80. The highest BCUT2D eigenvalue weighted by molar-refractivity contribution is 5.92. The first kappa shape index (κ1) is 12.4. The van der Waals surface area contributed by atoms with E-state index >= 15 is 0 Å². The zero-order valence-electron chi connectivity index (χ0n) is 10.4. The Hall–Kier alpha value is -2.05. The van der Waals surface area contributed by atoms with E-state index in [9.17, 15) is 9.59 Å². The number of aromatic nitrogens is 2. The summed E-state index contributed by atoms with van der Waals surface area (Å²) in [5, 5.41) is 2.74. The third kappa shape index (κ3) is 1.92. The quantitative estimate of drug-likeness (QED) is 0.730. The van der Waals surface area contributed by atoms with Crippen LogP contribution >= 0.6 is 0 Å². The highest BCUT2D eigenvalue weighted by atomic mass is 16.5. The van der Waals surface area contributed by atoms with Crippen molar-refractivity contribution in [2.24, 2.45) is 0 Å². The van der Waals surface area contributed by atoms with E-state index in [1.54, 1.807) is 4.57 Å². The number of nitrogens with zero attached hydrogens (tertiary/aromatic N) is 2. The van der Waals surface area contributed by atoms with Crippen LogP contribution < -0.4 is 11.1 Å². The molecule has 1 aliphatic rings. The van der Waals surface area contributed by atoms with Crippen molar-refractivity contribution >= 4 is 17.7 Å². The topological polar surface area (TPSA) is 99.2 Å². The standard InChI is InChI=1S/C11H16N4O3/c1-3-7-14-9(11(17)18-2)10(12)15(7)6-4-8(16)13-5-6/h6H,3-5,12H2,1-2H3,(H,13,16). The van der Waals surface area contributed by atoms with Gasteiger partial charge >= 0.3 is 5.97 Å². The lowest BCUT2D eigenvalue weighted by atomic mass is 10.2. The van der Waals surface area contributed by atoms with Crippen LogP contribution in [0.3, 0.4) is 0 Å². The molecule has 1 unspecified atom stereocenters. The van der Waals surface area contributed by atoms with Crippen molar-refractivity contribution in [1.82, 2.24) is 14.9 Å². The predicted molar refractivity (Wildman–Crippen MR) is 64.0 cm³/mol. The van der Waals surface area contributed by atoms with Gasteiger partial charge in [0.05, 0.1) is 13.2 Å². The van der Waals surface area contributed by atoms with Crippen molar-refractivity contribution in [3.8, 4) is 0 Å². The van der Waals surface area contributed by atoms with Crippen LogP contribution in [-0.4, -0.2) is 35.1 Å². The summed E-state index contributed by atoms with van der Waals surface area (Å²) in [6.45, 7) is 2.43. The largest absolute Gasteiger partial charge is 0.464 e. The van der Waals surface area contributed by atoms with Gasteiger partial charge in [0.1, 0.15) is 11.6 Å². The highest BCUT2D eigenvalue weighted by Gasteiger charge is 2.29. The Balaban J connectivity index is 2.42. The zero-order chi connectivity index (χ0) is 13.3. The van der Waals surface area contributed by atoms with E-state index in [-0.39, 0.29) is 23.5 Å². The number of hydrogen-bond donors (Lipinski definition) is 2. The van der Waals surface area contributed by atoms with E-state index in [1.807, 2.05) is 6.92 Å². The van der Waals surface area contributed by atoms with Gasteiger partial charge in [0, 0.05) is 19.4 Å². The normalized spacial score (nSPS) is 18.8. The molecule has 98 valence electrons. The molecule has 18 heavy (non-hydrogen) atoms. The van der Waals surface area contributed by atoms with Crippen molar-refractivity contribution in [3.63, 3.8) is 0 Å². The molecular formula is C11H16N4O3. The molecule has 7 nitrogen and oxygen atoms in total.